The van der Waals surface area contributed by atoms with Crippen molar-refractivity contribution in [1.29, 1.82) is 0 Å². The molecule has 124 valence electrons. The molecule has 0 unspecified atom stereocenters. The molecule has 3 rings (SSSR count). The maximum atomic E-state index is 12.5. The van der Waals surface area contributed by atoms with E-state index >= 15 is 0 Å². The van der Waals surface area contributed by atoms with Gasteiger partial charge in [-0.3, -0.25) is 9.59 Å². The third-order valence-corrected chi connectivity index (χ3v) is 4.84. The molecule has 0 bridgehead atoms. The second kappa shape index (κ2) is 7.45. The van der Waals surface area contributed by atoms with Crippen molar-refractivity contribution in [2.24, 2.45) is 0 Å². The minimum atomic E-state index is -0.101. The lowest BCUT2D eigenvalue weighted by Crippen LogP contribution is -2.31. The summed E-state index contributed by atoms with van der Waals surface area (Å²) in [6, 6.07) is 11.7. The number of rotatable bonds is 6. The van der Waals surface area contributed by atoms with Crippen LogP contribution in [-0.2, 0) is 11.3 Å². The van der Waals surface area contributed by atoms with Crippen LogP contribution in [0.5, 0.6) is 0 Å². The highest BCUT2D eigenvalue weighted by Gasteiger charge is 2.31. The van der Waals surface area contributed by atoms with Gasteiger partial charge in [-0.05, 0) is 48.1 Å². The maximum Gasteiger partial charge on any atom is 0.251 e. The molecule has 24 heavy (non-hydrogen) atoms. The van der Waals surface area contributed by atoms with E-state index in [-0.39, 0.29) is 11.8 Å². The summed E-state index contributed by atoms with van der Waals surface area (Å²) in [6.07, 6.45) is 5.66. The fourth-order valence-electron chi connectivity index (χ4n) is 2.51. The van der Waals surface area contributed by atoms with Gasteiger partial charge in [-0.1, -0.05) is 18.2 Å². The van der Waals surface area contributed by atoms with Crippen LogP contribution in [0.2, 0.25) is 0 Å². The third-order valence-electron chi connectivity index (χ3n) is 4.00. The number of hydrogen-bond donors (Lipinski definition) is 1. The van der Waals surface area contributed by atoms with Crippen molar-refractivity contribution in [2.45, 2.75) is 25.4 Å². The highest BCUT2D eigenvalue weighted by atomic mass is 32.1. The topological polar surface area (TPSA) is 49.4 Å². The molecule has 1 aliphatic carbocycles. The molecule has 2 aromatic rings. The van der Waals surface area contributed by atoms with Gasteiger partial charge in [0.05, 0.1) is 0 Å². The van der Waals surface area contributed by atoms with Gasteiger partial charge in [-0.25, -0.2) is 0 Å². The first-order valence-corrected chi connectivity index (χ1v) is 8.88. The van der Waals surface area contributed by atoms with Crippen LogP contribution in [0.4, 0.5) is 0 Å². The highest BCUT2D eigenvalue weighted by Crippen LogP contribution is 2.29. The monoisotopic (exact) mass is 340 g/mol. The molecule has 1 fully saturated rings. The van der Waals surface area contributed by atoms with Gasteiger partial charge >= 0.3 is 0 Å². The number of amides is 2. The van der Waals surface area contributed by atoms with Gasteiger partial charge in [0.25, 0.3) is 5.91 Å². The van der Waals surface area contributed by atoms with E-state index in [4.69, 9.17) is 0 Å². The van der Waals surface area contributed by atoms with Crippen LogP contribution in [0.25, 0.3) is 6.08 Å². The lowest BCUT2D eigenvalue weighted by atomic mass is 10.1. The second-order valence-electron chi connectivity index (χ2n) is 5.82. The summed E-state index contributed by atoms with van der Waals surface area (Å²) in [6.45, 7) is 0.576. The molecule has 4 nitrogen and oxygen atoms in total. The summed E-state index contributed by atoms with van der Waals surface area (Å²) in [5, 5.41) is 4.60. The molecular weight excluding hydrogens is 320 g/mol. The number of thiophene rings is 1. The summed E-state index contributed by atoms with van der Waals surface area (Å²) in [4.78, 5) is 27.1. The average molecular weight is 340 g/mol. The van der Waals surface area contributed by atoms with Crippen molar-refractivity contribution >= 4 is 29.2 Å². The Morgan fingerprint density at radius 3 is 2.58 bits per heavy atom. The van der Waals surface area contributed by atoms with E-state index in [0.29, 0.717) is 18.2 Å². The van der Waals surface area contributed by atoms with Crippen LogP contribution in [0.3, 0.4) is 0 Å². The molecule has 1 N–H and O–H groups in total. The van der Waals surface area contributed by atoms with Gasteiger partial charge in [-0.2, -0.15) is 0 Å². The highest BCUT2D eigenvalue weighted by molar-refractivity contribution is 7.10. The Kier molecular flexibility index (Phi) is 5.11. The van der Waals surface area contributed by atoms with Crippen LogP contribution in [0.15, 0.2) is 47.9 Å². The Morgan fingerprint density at radius 1 is 1.25 bits per heavy atom. The van der Waals surface area contributed by atoms with Crippen LogP contribution in [-0.4, -0.2) is 29.8 Å². The number of carbonyl (C=O) groups is 2. The molecule has 1 heterocycles. The van der Waals surface area contributed by atoms with E-state index in [0.717, 1.165) is 23.3 Å². The molecule has 0 saturated heterocycles. The third kappa shape index (κ3) is 4.11. The number of nitrogens with zero attached hydrogens (tertiary/aromatic N) is 1. The predicted molar refractivity (Wildman–Crippen MR) is 96.8 cm³/mol. The first-order chi connectivity index (χ1) is 11.7. The molecule has 0 atom stereocenters. The molecule has 0 spiro atoms. The van der Waals surface area contributed by atoms with Gasteiger partial charge in [-0.15, -0.1) is 11.3 Å². The number of carbonyl (C=O) groups excluding carboxylic acids is 2. The van der Waals surface area contributed by atoms with Gasteiger partial charge < -0.3 is 10.2 Å². The van der Waals surface area contributed by atoms with E-state index in [1.165, 1.54) is 0 Å². The maximum absolute atomic E-state index is 12.5. The summed E-state index contributed by atoms with van der Waals surface area (Å²) in [7, 11) is 1.61. The minimum absolute atomic E-state index is 0.0428. The van der Waals surface area contributed by atoms with Gasteiger partial charge in [0.1, 0.15) is 0 Å². The predicted octanol–water partition coefficient (Wildman–Crippen LogP) is 3.31. The van der Waals surface area contributed by atoms with Crippen molar-refractivity contribution < 1.29 is 9.59 Å². The lowest BCUT2D eigenvalue weighted by molar-refractivity contribution is -0.127. The normalized spacial score (nSPS) is 13.9. The van der Waals surface area contributed by atoms with Crippen LogP contribution < -0.4 is 5.32 Å². The first-order valence-electron chi connectivity index (χ1n) is 8.00. The fraction of sp³-hybridized carbons (Fsp3) is 0.263. The van der Waals surface area contributed by atoms with Crippen LogP contribution in [0, 0.1) is 0 Å². The average Bonchev–Trinajstić information content (AvgIpc) is 3.32. The number of nitrogens with one attached hydrogen (secondary N) is 1. The lowest BCUT2D eigenvalue weighted by Gasteiger charge is -2.21. The van der Waals surface area contributed by atoms with Crippen LogP contribution in [0.1, 0.15) is 33.6 Å². The molecule has 0 radical (unpaired) electrons. The van der Waals surface area contributed by atoms with E-state index in [1.807, 2.05) is 40.6 Å². The van der Waals surface area contributed by atoms with Crippen molar-refractivity contribution in [3.05, 3.63) is 63.9 Å². The van der Waals surface area contributed by atoms with E-state index in [9.17, 15) is 9.59 Å². The van der Waals surface area contributed by atoms with Crippen molar-refractivity contribution in [3.8, 4) is 0 Å². The van der Waals surface area contributed by atoms with Gasteiger partial charge in [0.15, 0.2) is 0 Å². The number of benzene rings is 1. The summed E-state index contributed by atoms with van der Waals surface area (Å²) >= 11 is 1.62. The summed E-state index contributed by atoms with van der Waals surface area (Å²) in [5.74, 6) is -0.0585. The zero-order chi connectivity index (χ0) is 16.9. The Bertz CT molecular complexity index is 731. The molecule has 0 aliphatic heterocycles. The van der Waals surface area contributed by atoms with Gasteiger partial charge in [0.2, 0.25) is 5.91 Å². The molecule has 1 saturated carbocycles. The molecule has 1 aliphatic rings. The Morgan fingerprint density at radius 2 is 2.00 bits per heavy atom. The molecule has 2 amide bonds. The Hall–Kier alpha value is -2.40. The second-order valence-corrected chi connectivity index (χ2v) is 6.80. The van der Waals surface area contributed by atoms with Crippen molar-refractivity contribution in [1.82, 2.24) is 10.2 Å². The minimum Gasteiger partial charge on any atom is -0.355 e. The Balaban J connectivity index is 1.68. The Labute approximate surface area is 145 Å². The molecule has 1 aromatic carbocycles. The SMILES string of the molecule is CNC(=O)c1ccc(CN(C(=O)/C=C\c2cccs2)C2CC2)cc1. The molecule has 1 aromatic heterocycles. The van der Waals surface area contributed by atoms with E-state index in [2.05, 4.69) is 5.32 Å². The molecule has 5 heteroatoms. The summed E-state index contributed by atoms with van der Waals surface area (Å²) < 4.78 is 0. The molecular formula is C19H20N2O2S. The van der Waals surface area contributed by atoms with Gasteiger partial charge in [0, 0.05) is 36.2 Å². The van der Waals surface area contributed by atoms with Crippen LogP contribution >= 0.6 is 11.3 Å². The van der Waals surface area contributed by atoms with Crippen molar-refractivity contribution in [3.63, 3.8) is 0 Å². The standard InChI is InChI=1S/C19H20N2O2S/c1-20-19(23)15-6-4-14(5-7-15)13-21(16-8-9-16)18(22)11-10-17-3-2-12-24-17/h2-7,10-12,16H,8-9,13H2,1H3,(H,20,23)/b11-10-. The zero-order valence-electron chi connectivity index (χ0n) is 13.6. The number of hydrogen-bond acceptors (Lipinski definition) is 3. The fourth-order valence-corrected chi connectivity index (χ4v) is 3.13. The van der Waals surface area contributed by atoms with E-state index < -0.39 is 0 Å². The van der Waals surface area contributed by atoms with Crippen molar-refractivity contribution in [2.75, 3.05) is 7.05 Å². The smallest absolute Gasteiger partial charge is 0.251 e. The zero-order valence-corrected chi connectivity index (χ0v) is 14.4. The quantitative estimate of drug-likeness (QED) is 0.820. The largest absolute Gasteiger partial charge is 0.355 e. The van der Waals surface area contributed by atoms with E-state index in [1.54, 1.807) is 36.6 Å². The first kappa shape index (κ1) is 16.5. The summed E-state index contributed by atoms with van der Waals surface area (Å²) in [5.41, 5.74) is 1.66.